The first-order chi connectivity index (χ1) is 13.3. The van der Waals surface area contributed by atoms with Gasteiger partial charge in [-0.25, -0.2) is 0 Å². The molecule has 0 aromatic carbocycles. The molecular weight excluding hydrogens is 572 g/mol. The summed E-state index contributed by atoms with van der Waals surface area (Å²) in [6, 6.07) is 1.57. The minimum absolute atomic E-state index is 0. The Morgan fingerprint density at radius 3 is 1.41 bits per heavy atom. The number of hydrogen-bond donors (Lipinski definition) is 0. The summed E-state index contributed by atoms with van der Waals surface area (Å²) in [4.78, 5) is 4.96. The van der Waals surface area contributed by atoms with Gasteiger partial charge < -0.3 is 13.9 Å². The van der Waals surface area contributed by atoms with Crippen molar-refractivity contribution < 1.29 is 25.2 Å². The van der Waals surface area contributed by atoms with E-state index in [-0.39, 0.29) is 21.1 Å². The Hall–Kier alpha value is -0.0979. The van der Waals surface area contributed by atoms with Crippen molar-refractivity contribution in [2.24, 2.45) is 0 Å². The second-order valence-electron chi connectivity index (χ2n) is 9.61. The summed E-state index contributed by atoms with van der Waals surface area (Å²) in [5.74, 6) is 0. The van der Waals surface area contributed by atoms with Crippen LogP contribution in [0.1, 0.15) is 64.2 Å². The van der Waals surface area contributed by atoms with Crippen LogP contribution in [0.2, 0.25) is 26.2 Å². The SMILES string of the molecule is C1=CN(C2CCCCC2)[CH-]N1C1CCCCC1.C=C[Si](C)(C)O[Si](C)(C)C=C.[Pt]. The van der Waals surface area contributed by atoms with E-state index in [4.69, 9.17) is 4.12 Å². The number of nitrogens with zero attached hydrogens (tertiary/aromatic N) is 2. The van der Waals surface area contributed by atoms with Crippen molar-refractivity contribution >= 4 is 16.6 Å². The van der Waals surface area contributed by atoms with Crippen LogP contribution in [-0.2, 0) is 25.2 Å². The largest absolute Gasteiger partial charge is 0.506 e. The van der Waals surface area contributed by atoms with Crippen molar-refractivity contribution in [3.05, 3.63) is 43.6 Å². The number of hydrogen-bond acceptors (Lipinski definition) is 3. The van der Waals surface area contributed by atoms with Crippen LogP contribution >= 0.6 is 0 Å². The van der Waals surface area contributed by atoms with Gasteiger partial charge in [-0.05, 0) is 64.3 Å². The first kappa shape index (κ1) is 26.9. The van der Waals surface area contributed by atoms with Crippen molar-refractivity contribution in [3.63, 3.8) is 0 Å². The molecule has 3 rings (SSSR count). The summed E-state index contributed by atoms with van der Waals surface area (Å²) in [6.07, 6.45) is 18.8. The first-order valence-electron chi connectivity index (χ1n) is 11.3. The van der Waals surface area contributed by atoms with E-state index in [1.54, 1.807) is 0 Å². The fourth-order valence-electron chi connectivity index (χ4n) is 4.34. The third kappa shape index (κ3) is 9.28. The van der Waals surface area contributed by atoms with Crippen LogP contribution in [-0.4, -0.2) is 38.5 Å². The van der Waals surface area contributed by atoms with Crippen LogP contribution in [0.3, 0.4) is 0 Å². The van der Waals surface area contributed by atoms with Crippen LogP contribution in [0.25, 0.3) is 0 Å². The van der Waals surface area contributed by atoms with E-state index in [2.05, 4.69) is 68.2 Å². The van der Waals surface area contributed by atoms with Gasteiger partial charge in [0.15, 0.2) is 16.6 Å². The van der Waals surface area contributed by atoms with E-state index < -0.39 is 16.6 Å². The van der Waals surface area contributed by atoms with Crippen LogP contribution in [0.15, 0.2) is 37.0 Å². The maximum atomic E-state index is 5.97. The molecule has 0 unspecified atom stereocenters. The molecular formula is C23H43N2OPtSi2-. The van der Waals surface area contributed by atoms with Gasteiger partial charge in [-0.2, -0.15) is 6.67 Å². The zero-order valence-corrected chi connectivity index (χ0v) is 23.4. The molecule has 0 aromatic rings. The molecule has 1 aliphatic heterocycles. The Morgan fingerprint density at radius 2 is 1.10 bits per heavy atom. The minimum atomic E-state index is -1.58. The van der Waals surface area contributed by atoms with Crippen LogP contribution < -0.4 is 0 Å². The standard InChI is InChI=1S/C15H25N2.C8H18OSi2.Pt/c1-3-7-14(8-4-1)16-11-12-17(13-16)15-9-5-2-6-10-15;1-7-10(3,4)9-11(5,6)8-2;/h11-15H,1-10H2;7-8H,1-2H2,3-6H3;/q-1;;. The second kappa shape index (κ2) is 12.7. The molecule has 0 radical (unpaired) electrons. The maximum absolute atomic E-state index is 5.97. The molecule has 0 saturated heterocycles. The molecule has 0 spiro atoms. The Bertz CT molecular complexity index is 483. The van der Waals surface area contributed by atoms with E-state index in [9.17, 15) is 0 Å². The maximum Gasteiger partial charge on any atom is 0.198 e. The molecule has 0 bridgehead atoms. The minimum Gasteiger partial charge on any atom is -0.506 e. The van der Waals surface area contributed by atoms with E-state index in [0.29, 0.717) is 0 Å². The van der Waals surface area contributed by atoms with Crippen LogP contribution in [0, 0.1) is 6.67 Å². The zero-order chi connectivity index (χ0) is 20.6. The van der Waals surface area contributed by atoms with Crippen molar-refractivity contribution in [3.8, 4) is 0 Å². The molecule has 0 atom stereocenters. The molecule has 0 amide bonds. The monoisotopic (exact) mass is 614 g/mol. The van der Waals surface area contributed by atoms with Crippen molar-refractivity contribution in [2.75, 3.05) is 0 Å². The van der Waals surface area contributed by atoms with Gasteiger partial charge in [-0.1, -0.05) is 49.9 Å². The van der Waals surface area contributed by atoms with Crippen molar-refractivity contribution in [2.45, 2.75) is 102 Å². The van der Waals surface area contributed by atoms with Crippen LogP contribution in [0.5, 0.6) is 0 Å². The third-order valence-electron chi connectivity index (χ3n) is 6.18. The molecule has 2 saturated carbocycles. The van der Waals surface area contributed by atoms with E-state index in [1.807, 2.05) is 11.4 Å². The van der Waals surface area contributed by atoms with E-state index in [0.717, 1.165) is 12.1 Å². The van der Waals surface area contributed by atoms with Crippen molar-refractivity contribution in [1.29, 1.82) is 0 Å². The fraction of sp³-hybridized carbons (Fsp3) is 0.696. The van der Waals surface area contributed by atoms with Gasteiger partial charge in [0, 0.05) is 33.1 Å². The van der Waals surface area contributed by atoms with Gasteiger partial charge >= 0.3 is 0 Å². The molecule has 6 heteroatoms. The molecule has 170 valence electrons. The molecule has 3 aliphatic rings. The summed E-state index contributed by atoms with van der Waals surface area (Å²) in [6.45, 7) is 18.5. The summed E-state index contributed by atoms with van der Waals surface area (Å²) in [5.41, 5.74) is 3.93. The summed E-state index contributed by atoms with van der Waals surface area (Å²) in [5, 5.41) is 0. The Kier molecular flexibility index (Phi) is 11.8. The van der Waals surface area contributed by atoms with E-state index >= 15 is 0 Å². The molecule has 2 aliphatic carbocycles. The predicted molar refractivity (Wildman–Crippen MR) is 127 cm³/mol. The van der Waals surface area contributed by atoms with Gasteiger partial charge in [0.2, 0.25) is 0 Å². The first-order valence-corrected chi connectivity index (χ1v) is 17.3. The smallest absolute Gasteiger partial charge is 0.198 e. The molecule has 1 heterocycles. The zero-order valence-electron chi connectivity index (χ0n) is 19.1. The van der Waals surface area contributed by atoms with Crippen molar-refractivity contribution in [1.82, 2.24) is 9.80 Å². The second-order valence-corrected chi connectivity index (χ2v) is 17.7. The Morgan fingerprint density at radius 1 is 0.759 bits per heavy atom. The van der Waals surface area contributed by atoms with Gasteiger partial charge in [-0.3, -0.25) is 0 Å². The molecule has 29 heavy (non-hydrogen) atoms. The fourth-order valence-corrected chi connectivity index (χ4v) is 10.4. The normalized spacial score (nSPS) is 21.2. The van der Waals surface area contributed by atoms with Gasteiger partial charge in [0.25, 0.3) is 0 Å². The molecule has 2 fully saturated rings. The molecule has 3 nitrogen and oxygen atoms in total. The number of rotatable bonds is 6. The summed E-state index contributed by atoms with van der Waals surface area (Å²) in [7, 11) is -3.16. The average Bonchev–Trinajstić information content (AvgIpc) is 3.19. The topological polar surface area (TPSA) is 15.7 Å². The van der Waals surface area contributed by atoms with Gasteiger partial charge in [-0.15, -0.1) is 13.2 Å². The third-order valence-corrected chi connectivity index (χ3v) is 12.4. The summed E-state index contributed by atoms with van der Waals surface area (Å²) < 4.78 is 5.97. The quantitative estimate of drug-likeness (QED) is 0.244. The Balaban J connectivity index is 0.000000310. The molecule has 0 aromatic heterocycles. The Labute approximate surface area is 197 Å². The van der Waals surface area contributed by atoms with E-state index in [1.165, 1.54) is 64.2 Å². The predicted octanol–water partition coefficient (Wildman–Crippen LogP) is 6.72. The average molecular weight is 615 g/mol. The van der Waals surface area contributed by atoms with Crippen LogP contribution in [0.4, 0.5) is 0 Å². The van der Waals surface area contributed by atoms with Gasteiger partial charge in [0.05, 0.1) is 0 Å². The molecule has 0 N–H and O–H groups in total. The van der Waals surface area contributed by atoms with Gasteiger partial charge in [0.1, 0.15) is 0 Å². The summed E-state index contributed by atoms with van der Waals surface area (Å²) >= 11 is 0.